The van der Waals surface area contributed by atoms with Crippen molar-refractivity contribution in [3.63, 3.8) is 0 Å². The lowest BCUT2D eigenvalue weighted by atomic mass is 10.2. The molecular formula is C13H21NO2. The van der Waals surface area contributed by atoms with Gasteiger partial charge in [-0.2, -0.15) is 0 Å². The topological polar surface area (TPSA) is 32.7 Å². The smallest absolute Gasteiger partial charge is 0.120 e. The fourth-order valence-corrected chi connectivity index (χ4v) is 1.71. The summed E-state index contributed by atoms with van der Waals surface area (Å²) in [6.45, 7) is 4.29. The van der Waals surface area contributed by atoms with Crippen LogP contribution in [0.25, 0.3) is 0 Å². The van der Waals surface area contributed by atoms with Crippen LogP contribution in [0, 0.1) is 0 Å². The largest absolute Gasteiger partial charge is 0.497 e. The number of nitrogens with zero attached hydrogens (tertiary/aromatic N) is 1. The molecule has 0 heterocycles. The van der Waals surface area contributed by atoms with Gasteiger partial charge in [-0.1, -0.05) is 13.0 Å². The van der Waals surface area contributed by atoms with Gasteiger partial charge in [0.15, 0.2) is 0 Å². The van der Waals surface area contributed by atoms with Crippen molar-refractivity contribution in [2.75, 3.05) is 31.7 Å². The molecule has 1 aromatic rings. The van der Waals surface area contributed by atoms with E-state index in [1.165, 1.54) is 0 Å². The van der Waals surface area contributed by atoms with Crippen LogP contribution in [0.3, 0.4) is 0 Å². The maximum Gasteiger partial charge on any atom is 0.120 e. The Hall–Kier alpha value is -1.22. The summed E-state index contributed by atoms with van der Waals surface area (Å²) < 4.78 is 5.21. The summed E-state index contributed by atoms with van der Waals surface area (Å²) in [6, 6.07) is 8.05. The first-order chi connectivity index (χ1) is 7.81. The van der Waals surface area contributed by atoms with E-state index in [-0.39, 0.29) is 6.61 Å². The summed E-state index contributed by atoms with van der Waals surface area (Å²) in [5, 5.41) is 8.88. The lowest BCUT2D eigenvalue weighted by molar-refractivity contribution is 0.289. The van der Waals surface area contributed by atoms with Crippen LogP contribution >= 0.6 is 0 Å². The molecule has 1 aromatic carbocycles. The summed E-state index contributed by atoms with van der Waals surface area (Å²) in [7, 11) is 1.68. The molecule has 0 aliphatic carbocycles. The molecule has 0 radical (unpaired) electrons. The van der Waals surface area contributed by atoms with E-state index in [9.17, 15) is 0 Å². The van der Waals surface area contributed by atoms with E-state index in [1.54, 1.807) is 7.11 Å². The second kappa shape index (κ2) is 7.12. The van der Waals surface area contributed by atoms with Gasteiger partial charge in [-0.05, 0) is 25.0 Å². The van der Waals surface area contributed by atoms with Crippen LogP contribution in [0.2, 0.25) is 0 Å². The molecule has 0 fully saturated rings. The number of rotatable bonds is 7. The molecule has 3 heteroatoms. The number of ether oxygens (including phenoxy) is 1. The van der Waals surface area contributed by atoms with Crippen molar-refractivity contribution in [2.24, 2.45) is 0 Å². The Morgan fingerprint density at radius 2 is 2.12 bits per heavy atom. The van der Waals surface area contributed by atoms with E-state index in [2.05, 4.69) is 17.9 Å². The van der Waals surface area contributed by atoms with Gasteiger partial charge in [0, 0.05) is 31.5 Å². The maximum atomic E-state index is 8.88. The minimum absolute atomic E-state index is 0.240. The van der Waals surface area contributed by atoms with Crippen molar-refractivity contribution in [1.82, 2.24) is 0 Å². The van der Waals surface area contributed by atoms with Gasteiger partial charge in [-0.25, -0.2) is 0 Å². The van der Waals surface area contributed by atoms with Crippen molar-refractivity contribution in [3.05, 3.63) is 24.3 Å². The average Bonchev–Trinajstić information content (AvgIpc) is 2.34. The minimum atomic E-state index is 0.240. The molecule has 90 valence electrons. The molecule has 0 saturated carbocycles. The lowest BCUT2D eigenvalue weighted by Gasteiger charge is -2.24. The minimum Gasteiger partial charge on any atom is -0.497 e. The van der Waals surface area contributed by atoms with Crippen molar-refractivity contribution in [1.29, 1.82) is 0 Å². The third kappa shape index (κ3) is 3.74. The van der Waals surface area contributed by atoms with E-state index in [0.717, 1.165) is 37.4 Å². The molecule has 0 bridgehead atoms. The van der Waals surface area contributed by atoms with E-state index >= 15 is 0 Å². The first kappa shape index (κ1) is 12.8. The predicted octanol–water partition coefficient (Wildman–Crippen LogP) is 2.29. The number of anilines is 1. The van der Waals surface area contributed by atoms with Crippen LogP contribution in [-0.2, 0) is 0 Å². The fraction of sp³-hybridized carbons (Fsp3) is 0.538. The standard InChI is InChI=1S/C13H21NO2/c1-3-8-14(9-5-10-15)12-6-4-7-13(11-12)16-2/h4,6-7,11,15H,3,5,8-10H2,1-2H3. The molecule has 16 heavy (non-hydrogen) atoms. The second-order valence-corrected chi connectivity index (χ2v) is 3.77. The Balaban J connectivity index is 2.73. The average molecular weight is 223 g/mol. The summed E-state index contributed by atoms with van der Waals surface area (Å²) in [5.41, 5.74) is 1.16. The zero-order chi connectivity index (χ0) is 11.8. The van der Waals surface area contributed by atoms with Gasteiger partial charge in [0.05, 0.1) is 7.11 Å². The fourth-order valence-electron chi connectivity index (χ4n) is 1.71. The SMILES string of the molecule is CCCN(CCCO)c1cccc(OC)c1. The van der Waals surface area contributed by atoms with Crippen LogP contribution in [0.4, 0.5) is 5.69 Å². The quantitative estimate of drug-likeness (QED) is 0.770. The van der Waals surface area contributed by atoms with Gasteiger partial charge < -0.3 is 14.7 Å². The van der Waals surface area contributed by atoms with Crippen LogP contribution in [0.1, 0.15) is 19.8 Å². The Bertz CT molecular complexity index is 302. The van der Waals surface area contributed by atoms with Crippen molar-refractivity contribution in [3.8, 4) is 5.75 Å². The lowest BCUT2D eigenvalue weighted by Crippen LogP contribution is -2.25. The van der Waals surface area contributed by atoms with Crippen LogP contribution in [-0.4, -0.2) is 31.9 Å². The van der Waals surface area contributed by atoms with Gasteiger partial charge in [0.25, 0.3) is 0 Å². The molecule has 0 amide bonds. The highest BCUT2D eigenvalue weighted by Crippen LogP contribution is 2.21. The van der Waals surface area contributed by atoms with Gasteiger partial charge >= 0.3 is 0 Å². The predicted molar refractivity (Wildman–Crippen MR) is 67.2 cm³/mol. The second-order valence-electron chi connectivity index (χ2n) is 3.77. The first-order valence-corrected chi connectivity index (χ1v) is 5.81. The summed E-state index contributed by atoms with van der Waals surface area (Å²) in [5.74, 6) is 0.877. The third-order valence-corrected chi connectivity index (χ3v) is 2.50. The number of hydrogen-bond donors (Lipinski definition) is 1. The van der Waals surface area contributed by atoms with Gasteiger partial charge in [0.1, 0.15) is 5.75 Å². The molecular weight excluding hydrogens is 202 g/mol. The summed E-state index contributed by atoms with van der Waals surface area (Å²) >= 11 is 0. The third-order valence-electron chi connectivity index (χ3n) is 2.50. The van der Waals surface area contributed by atoms with Gasteiger partial charge in [0.2, 0.25) is 0 Å². The molecule has 0 aliphatic heterocycles. The van der Waals surface area contributed by atoms with Crippen molar-refractivity contribution in [2.45, 2.75) is 19.8 Å². The van der Waals surface area contributed by atoms with Crippen LogP contribution < -0.4 is 9.64 Å². The molecule has 0 aromatic heterocycles. The zero-order valence-corrected chi connectivity index (χ0v) is 10.1. The molecule has 0 spiro atoms. The Morgan fingerprint density at radius 3 is 2.75 bits per heavy atom. The number of benzene rings is 1. The Kier molecular flexibility index (Phi) is 5.72. The molecule has 0 atom stereocenters. The normalized spacial score (nSPS) is 10.2. The molecule has 0 aliphatic rings. The Morgan fingerprint density at radius 1 is 1.31 bits per heavy atom. The summed E-state index contributed by atoms with van der Waals surface area (Å²) in [4.78, 5) is 2.28. The first-order valence-electron chi connectivity index (χ1n) is 5.81. The number of aliphatic hydroxyl groups excluding tert-OH is 1. The number of aliphatic hydroxyl groups is 1. The monoisotopic (exact) mass is 223 g/mol. The zero-order valence-electron chi connectivity index (χ0n) is 10.1. The van der Waals surface area contributed by atoms with Gasteiger partial charge in [-0.15, -0.1) is 0 Å². The van der Waals surface area contributed by atoms with Crippen molar-refractivity contribution < 1.29 is 9.84 Å². The van der Waals surface area contributed by atoms with E-state index < -0.39 is 0 Å². The van der Waals surface area contributed by atoms with E-state index in [1.807, 2.05) is 18.2 Å². The Labute approximate surface area is 97.7 Å². The molecule has 3 nitrogen and oxygen atoms in total. The highest BCUT2D eigenvalue weighted by atomic mass is 16.5. The van der Waals surface area contributed by atoms with Gasteiger partial charge in [-0.3, -0.25) is 0 Å². The van der Waals surface area contributed by atoms with E-state index in [0.29, 0.717) is 0 Å². The van der Waals surface area contributed by atoms with Crippen LogP contribution in [0.15, 0.2) is 24.3 Å². The molecule has 0 saturated heterocycles. The highest BCUT2D eigenvalue weighted by molar-refractivity contribution is 5.50. The molecule has 1 N–H and O–H groups in total. The highest BCUT2D eigenvalue weighted by Gasteiger charge is 2.05. The van der Waals surface area contributed by atoms with E-state index in [4.69, 9.17) is 9.84 Å². The molecule has 1 rings (SSSR count). The number of hydrogen-bond acceptors (Lipinski definition) is 3. The van der Waals surface area contributed by atoms with Crippen molar-refractivity contribution >= 4 is 5.69 Å². The molecule has 0 unspecified atom stereocenters. The number of methoxy groups -OCH3 is 1. The summed E-state index contributed by atoms with van der Waals surface area (Å²) in [6.07, 6.45) is 1.90. The van der Waals surface area contributed by atoms with Crippen LogP contribution in [0.5, 0.6) is 5.75 Å². The maximum absolute atomic E-state index is 8.88.